The third-order valence-electron chi connectivity index (χ3n) is 32.2. The van der Waals surface area contributed by atoms with Gasteiger partial charge in [-0.1, -0.05) is 470 Å². The third-order valence-corrected chi connectivity index (χ3v) is 34.8. The van der Waals surface area contributed by atoms with Gasteiger partial charge in [-0.25, -0.2) is 0 Å². The van der Waals surface area contributed by atoms with Crippen LogP contribution in [0.1, 0.15) is 66.8 Å². The first-order valence-corrected chi connectivity index (χ1v) is 56.2. The van der Waals surface area contributed by atoms with Crippen molar-refractivity contribution in [3.8, 4) is 55.6 Å². The summed E-state index contributed by atoms with van der Waals surface area (Å²) in [7, 11) is -1.43. The van der Waals surface area contributed by atoms with Crippen LogP contribution in [-0.2, 0) is 54.8 Å². The van der Waals surface area contributed by atoms with Crippen molar-refractivity contribution < 1.29 is 10.0 Å². The molecular weight excluding hydrogens is 2140 g/mol. The van der Waals surface area contributed by atoms with Crippen LogP contribution in [0, 0.1) is 0 Å². The van der Waals surface area contributed by atoms with Crippen LogP contribution in [0.2, 0.25) is 0 Å². The second-order valence-corrected chi connectivity index (χ2v) is 42.9. The molecule has 0 saturated carbocycles. The Bertz CT molecular complexity index is 8950. The zero-order chi connectivity index (χ0) is 96.8. The van der Waals surface area contributed by atoms with Gasteiger partial charge in [0.05, 0.1) is 0 Å². The van der Waals surface area contributed by atoms with Crippen LogP contribution in [0.5, 0.6) is 0 Å². The molecule has 6 aliphatic carbocycles. The number of halogens is 6. The minimum absolute atomic E-state index is 0.0447. The van der Waals surface area contributed by atoms with Crippen LogP contribution < -0.4 is 5.46 Å². The predicted octanol–water partition coefficient (Wildman–Crippen LogP) is 37.2. The maximum Gasteiger partial charge on any atom is 0.488 e. The van der Waals surface area contributed by atoms with E-state index in [0.29, 0.717) is 5.46 Å². The van der Waals surface area contributed by atoms with Crippen molar-refractivity contribution in [2.45, 2.75) is 54.8 Å². The van der Waals surface area contributed by atoms with E-state index in [1.165, 1.54) is 252 Å². The minimum Gasteiger partial charge on any atom is -0.423 e. The molecule has 0 aliphatic heterocycles. The summed E-state index contributed by atoms with van der Waals surface area (Å²) >= 11 is 20.3. The van der Waals surface area contributed by atoms with E-state index in [2.05, 4.69) is 529 Å². The molecule has 31 rings (SSSR count). The lowest BCUT2D eigenvalue weighted by Crippen LogP contribution is -2.33. The Balaban J connectivity index is 0.000000103. The van der Waals surface area contributed by atoms with Gasteiger partial charge >= 0.3 is 7.12 Å². The van der Waals surface area contributed by atoms with Gasteiger partial charge in [-0.2, -0.15) is 0 Å². The molecule has 0 saturated heterocycles. The standard InChI is InChI=1S/C60H40.C21H17BO2.2C18H10Br2.C18H12.Br2/c1-2-14-40-34-59(33-39(40)13-1)55-23-11-9-21-47(55)49-27-25-37(29-57(49)59)51-31-53-46-20-8-6-18-44(46)52(32-54(53)45-19-7-5-17-43(45)51)38-26-28-50-48-22-10-12-24-56(48)60(58(50)30-38)35-41-15-3-4-16-42(41)36-60;23-22(24)16-9-10-18-17-7-3-4-8-19(17)21(20(18)11-16)12-14-5-1-2-6-15(14)13-21;2*19-17-10-16-12-6-2-4-8-14(12)18(20)9-15(16)11-5-1-3-7-13(11)17;1-3-7-15-13(5-1)9-11-18-16-8-4-2-6-14(16)10-12-17(15)18;1-2/h1-32H,33-36H2;1-11,23-24H,12-13H2;2*1-10H;1-12H;. The normalized spacial score (nSPS) is 13.8. The van der Waals surface area contributed by atoms with Crippen LogP contribution in [-0.4, -0.2) is 17.2 Å². The average molecular weight is 2230 g/mol. The van der Waals surface area contributed by atoms with Crippen LogP contribution in [0.15, 0.2) is 473 Å². The fourth-order valence-corrected chi connectivity index (χ4v) is 28.1. The van der Waals surface area contributed by atoms with Crippen molar-refractivity contribution in [1.29, 1.82) is 0 Å². The van der Waals surface area contributed by atoms with Gasteiger partial charge in [0.25, 0.3) is 0 Å². The van der Waals surface area contributed by atoms with Gasteiger partial charge in [-0.15, -0.1) is 0 Å². The molecule has 0 bridgehead atoms. The fourth-order valence-electron chi connectivity index (χ4n) is 25.8. The topological polar surface area (TPSA) is 40.5 Å². The van der Waals surface area contributed by atoms with E-state index in [1.807, 2.05) is 18.2 Å². The summed E-state index contributed by atoms with van der Waals surface area (Å²) in [4.78, 5) is 0. The molecule has 0 atom stereocenters. The summed E-state index contributed by atoms with van der Waals surface area (Å²) in [6.07, 6.45) is 6.13. The van der Waals surface area contributed by atoms with Gasteiger partial charge in [0, 0.05) is 62.4 Å². The highest BCUT2D eigenvalue weighted by Crippen LogP contribution is 2.61. The highest BCUT2D eigenvalue weighted by molar-refractivity contribution is 9.93. The van der Waals surface area contributed by atoms with Gasteiger partial charge in [0.1, 0.15) is 0 Å². The van der Waals surface area contributed by atoms with E-state index in [0.717, 1.165) is 56.4 Å². The van der Waals surface area contributed by atoms with Gasteiger partial charge in [0.2, 0.25) is 0 Å². The quantitative estimate of drug-likeness (QED) is 0.137. The number of rotatable bonds is 3. The average Bonchev–Trinajstić information content (AvgIpc) is 1.54. The molecule has 0 heterocycles. The molecule has 0 aromatic heterocycles. The van der Waals surface area contributed by atoms with Crippen molar-refractivity contribution in [3.05, 3.63) is 540 Å². The minimum atomic E-state index is -1.43. The molecule has 3 spiro atoms. The Morgan fingerprint density at radius 3 is 0.694 bits per heavy atom. The van der Waals surface area contributed by atoms with Gasteiger partial charge in [-0.05, 0) is 344 Å². The predicted molar refractivity (Wildman–Crippen MR) is 632 cm³/mol. The number of fused-ring (bicyclic) bond motifs is 38. The van der Waals surface area contributed by atoms with Crippen molar-refractivity contribution in [3.63, 3.8) is 0 Å². The van der Waals surface area contributed by atoms with E-state index in [1.54, 1.807) is 0 Å². The lowest BCUT2D eigenvalue weighted by molar-refractivity contribution is 0.425. The van der Waals surface area contributed by atoms with E-state index in [4.69, 9.17) is 0 Å². The lowest BCUT2D eigenvalue weighted by Gasteiger charge is -2.27. The first kappa shape index (κ1) is 90.5. The molecule has 0 unspecified atom stereocenters. The number of hydrogen-bond donors (Lipinski definition) is 2. The Kier molecular flexibility index (Phi) is 23.0. The number of hydrogen-bond acceptors (Lipinski definition) is 2. The molecule has 25 aromatic carbocycles. The molecular formula is C135H89BBr6O2. The van der Waals surface area contributed by atoms with Gasteiger partial charge in [-0.3, -0.25) is 0 Å². The second-order valence-electron chi connectivity index (χ2n) is 39.5. The van der Waals surface area contributed by atoms with E-state index < -0.39 is 7.12 Å². The fraction of sp³-hybridized carbons (Fsp3) is 0.0667. The van der Waals surface area contributed by atoms with Gasteiger partial charge < -0.3 is 10.0 Å². The molecule has 144 heavy (non-hydrogen) atoms. The molecule has 2 nitrogen and oxygen atoms in total. The largest absolute Gasteiger partial charge is 0.488 e. The molecule has 6 aliphatic rings. The van der Waals surface area contributed by atoms with Gasteiger partial charge in [0.15, 0.2) is 0 Å². The Morgan fingerprint density at radius 1 is 0.167 bits per heavy atom. The molecule has 0 radical (unpaired) electrons. The van der Waals surface area contributed by atoms with Crippen molar-refractivity contribution >= 4 is 234 Å². The zero-order valence-corrected chi connectivity index (χ0v) is 87.8. The molecule has 9 heteroatoms. The summed E-state index contributed by atoms with van der Waals surface area (Å²) in [6.45, 7) is 0. The van der Waals surface area contributed by atoms with E-state index in [9.17, 15) is 10.0 Å². The summed E-state index contributed by atoms with van der Waals surface area (Å²) in [5, 5.41) is 50.3. The zero-order valence-electron chi connectivity index (χ0n) is 78.3. The summed E-state index contributed by atoms with van der Waals surface area (Å²) in [5.41, 5.74) is 30.9. The van der Waals surface area contributed by atoms with Crippen LogP contribution in [0.25, 0.3) is 185 Å². The third kappa shape index (κ3) is 14.8. The van der Waals surface area contributed by atoms with Crippen LogP contribution >= 0.6 is 92.0 Å². The Morgan fingerprint density at radius 2 is 0.389 bits per heavy atom. The Hall–Kier alpha value is -13.5. The highest BCUT2D eigenvalue weighted by atomic mass is 80.9. The maximum atomic E-state index is 9.63. The second kappa shape index (κ2) is 36.7. The highest BCUT2D eigenvalue weighted by Gasteiger charge is 2.50. The first-order chi connectivity index (χ1) is 70.8. The molecule has 25 aromatic rings. The molecule has 2 N–H and O–H groups in total. The lowest BCUT2D eigenvalue weighted by atomic mass is 9.72. The molecule has 686 valence electrons. The molecule has 0 fully saturated rings. The van der Waals surface area contributed by atoms with Crippen molar-refractivity contribution in [2.24, 2.45) is 0 Å². The maximum absolute atomic E-state index is 9.63. The first-order valence-electron chi connectivity index (χ1n) is 49.3. The number of benzene rings is 25. The van der Waals surface area contributed by atoms with E-state index in [-0.39, 0.29) is 16.2 Å². The van der Waals surface area contributed by atoms with E-state index >= 15 is 0 Å². The molecule has 0 amide bonds. The van der Waals surface area contributed by atoms with Crippen LogP contribution in [0.4, 0.5) is 0 Å². The summed E-state index contributed by atoms with van der Waals surface area (Å²) in [5.74, 6) is 0. The smallest absolute Gasteiger partial charge is 0.423 e. The Labute approximate surface area is 885 Å². The van der Waals surface area contributed by atoms with Crippen molar-refractivity contribution in [2.75, 3.05) is 0 Å². The summed E-state index contributed by atoms with van der Waals surface area (Å²) in [6, 6.07) is 167. The monoisotopic (exact) mass is 2230 g/mol. The van der Waals surface area contributed by atoms with Crippen molar-refractivity contribution in [1.82, 2.24) is 0 Å². The summed E-state index contributed by atoms with van der Waals surface area (Å²) < 4.78 is 4.59. The van der Waals surface area contributed by atoms with Crippen LogP contribution in [0.3, 0.4) is 0 Å². The SMILES string of the molecule is BrBr.Brc1cc2c3ccccc3c(Br)cc2c2ccccc12.Brc1cc2c3ccccc3c(Br)cc2c2ccccc12.OB(O)c1ccc2c(c1)C1(Cc3ccccc3C1)c1ccccc1-2.c1ccc2c(c1)CC1(C2)c2ccccc2-c2ccc(-c3cc4c5ccccc5c(-c5ccc6c(c5)C5(Cc7ccccc7C5)c5ccccc5-6)cc4c4ccccc34)cc21.c1ccc2c(c1)ccc1c3ccccc3ccc21.